The van der Waals surface area contributed by atoms with Gasteiger partial charge in [-0.05, 0) is 48.6 Å². The Hall–Kier alpha value is -2.43. The molecule has 0 atom stereocenters. The summed E-state index contributed by atoms with van der Waals surface area (Å²) in [5.41, 5.74) is 2.71. The van der Waals surface area contributed by atoms with Crippen LogP contribution < -0.4 is 10.2 Å². The molecule has 0 saturated heterocycles. The fourth-order valence-electron chi connectivity index (χ4n) is 2.32. The number of amides is 1. The van der Waals surface area contributed by atoms with Crippen LogP contribution in [0.15, 0.2) is 42.9 Å². The number of aromatic nitrogens is 2. The van der Waals surface area contributed by atoms with Crippen LogP contribution in [0, 0.1) is 5.92 Å². The van der Waals surface area contributed by atoms with Gasteiger partial charge in [-0.3, -0.25) is 14.8 Å². The molecule has 2 aromatic heterocycles. The summed E-state index contributed by atoms with van der Waals surface area (Å²) < 4.78 is 0. The van der Waals surface area contributed by atoms with Crippen molar-refractivity contribution in [2.24, 2.45) is 5.92 Å². The number of carbonyl (C=O) groups excluding carboxylic acids is 1. The Morgan fingerprint density at radius 1 is 1.21 bits per heavy atom. The predicted molar refractivity (Wildman–Crippen MR) is 97.2 cm³/mol. The predicted octanol–water partition coefficient (Wildman–Crippen LogP) is 2.93. The SMILES string of the molecule is CC(C)CCNC(=O)c1cc(N(C)CCc2ccncc2)ccn1. The lowest BCUT2D eigenvalue weighted by Crippen LogP contribution is -2.27. The van der Waals surface area contributed by atoms with E-state index in [1.54, 1.807) is 18.6 Å². The van der Waals surface area contributed by atoms with Gasteiger partial charge >= 0.3 is 0 Å². The van der Waals surface area contributed by atoms with E-state index in [1.165, 1.54) is 5.56 Å². The fourth-order valence-corrected chi connectivity index (χ4v) is 2.32. The van der Waals surface area contributed by atoms with Crippen molar-refractivity contribution in [1.82, 2.24) is 15.3 Å². The number of pyridine rings is 2. The molecule has 24 heavy (non-hydrogen) atoms. The smallest absolute Gasteiger partial charge is 0.269 e. The molecule has 0 aliphatic heterocycles. The Labute approximate surface area is 144 Å². The van der Waals surface area contributed by atoms with Crippen molar-refractivity contribution in [3.05, 3.63) is 54.1 Å². The van der Waals surface area contributed by atoms with Gasteiger partial charge in [0.2, 0.25) is 0 Å². The first kappa shape index (κ1) is 17.9. The summed E-state index contributed by atoms with van der Waals surface area (Å²) in [5, 5.41) is 2.93. The van der Waals surface area contributed by atoms with Crippen LogP contribution in [0.5, 0.6) is 0 Å². The van der Waals surface area contributed by atoms with Gasteiger partial charge in [-0.15, -0.1) is 0 Å². The number of hydrogen-bond acceptors (Lipinski definition) is 4. The van der Waals surface area contributed by atoms with E-state index in [-0.39, 0.29) is 5.91 Å². The molecule has 0 radical (unpaired) electrons. The summed E-state index contributed by atoms with van der Waals surface area (Å²) in [6.07, 6.45) is 7.20. The van der Waals surface area contributed by atoms with E-state index >= 15 is 0 Å². The van der Waals surface area contributed by atoms with E-state index in [0.29, 0.717) is 18.2 Å². The van der Waals surface area contributed by atoms with Gasteiger partial charge < -0.3 is 10.2 Å². The minimum Gasteiger partial charge on any atom is -0.374 e. The standard InChI is InChI=1S/C19H26N4O/c1-15(2)4-11-22-19(24)18-14-17(7-12-21-18)23(3)13-8-16-5-9-20-10-6-16/h5-7,9-10,12,14-15H,4,8,11,13H2,1-3H3,(H,22,24). The molecule has 0 aliphatic carbocycles. The number of rotatable bonds is 8. The molecule has 0 aromatic carbocycles. The zero-order valence-electron chi connectivity index (χ0n) is 14.7. The lowest BCUT2D eigenvalue weighted by atomic mass is 10.1. The van der Waals surface area contributed by atoms with Gasteiger partial charge in [0.15, 0.2) is 0 Å². The first-order valence-corrected chi connectivity index (χ1v) is 8.40. The van der Waals surface area contributed by atoms with Gasteiger partial charge in [-0.1, -0.05) is 13.8 Å². The first-order chi connectivity index (χ1) is 11.6. The van der Waals surface area contributed by atoms with Gasteiger partial charge in [0.1, 0.15) is 5.69 Å². The van der Waals surface area contributed by atoms with Crippen LogP contribution in [0.25, 0.3) is 0 Å². The quantitative estimate of drug-likeness (QED) is 0.810. The largest absolute Gasteiger partial charge is 0.374 e. The van der Waals surface area contributed by atoms with Gasteiger partial charge in [-0.2, -0.15) is 0 Å². The van der Waals surface area contributed by atoms with Gasteiger partial charge in [0, 0.05) is 44.4 Å². The third kappa shape index (κ3) is 5.65. The summed E-state index contributed by atoms with van der Waals surface area (Å²) in [6, 6.07) is 7.82. The lowest BCUT2D eigenvalue weighted by molar-refractivity contribution is 0.0947. The maximum absolute atomic E-state index is 12.2. The van der Waals surface area contributed by atoms with E-state index in [1.807, 2.05) is 31.3 Å². The van der Waals surface area contributed by atoms with E-state index in [9.17, 15) is 4.79 Å². The first-order valence-electron chi connectivity index (χ1n) is 8.40. The second-order valence-electron chi connectivity index (χ2n) is 6.36. The Morgan fingerprint density at radius 2 is 1.96 bits per heavy atom. The Kier molecular flexibility index (Phi) is 6.73. The average Bonchev–Trinajstić information content (AvgIpc) is 2.60. The number of nitrogens with one attached hydrogen (secondary N) is 1. The summed E-state index contributed by atoms with van der Waals surface area (Å²) in [7, 11) is 2.02. The highest BCUT2D eigenvalue weighted by Crippen LogP contribution is 2.14. The van der Waals surface area contributed by atoms with Crippen molar-refractivity contribution in [2.75, 3.05) is 25.0 Å². The van der Waals surface area contributed by atoms with Crippen molar-refractivity contribution >= 4 is 11.6 Å². The van der Waals surface area contributed by atoms with Crippen molar-refractivity contribution < 1.29 is 4.79 Å². The van der Waals surface area contributed by atoms with Gasteiger partial charge in [-0.25, -0.2) is 0 Å². The molecule has 1 amide bonds. The minimum absolute atomic E-state index is 0.111. The Balaban J connectivity index is 1.92. The third-order valence-corrected chi connectivity index (χ3v) is 3.91. The molecule has 128 valence electrons. The van der Waals surface area contributed by atoms with Crippen LogP contribution in [0.4, 0.5) is 5.69 Å². The molecule has 2 heterocycles. The summed E-state index contributed by atoms with van der Waals surface area (Å²) in [5.74, 6) is 0.462. The van der Waals surface area contributed by atoms with Crippen molar-refractivity contribution in [1.29, 1.82) is 0 Å². The number of nitrogens with zero attached hydrogens (tertiary/aromatic N) is 3. The molecule has 0 spiro atoms. The third-order valence-electron chi connectivity index (χ3n) is 3.91. The highest BCUT2D eigenvalue weighted by Gasteiger charge is 2.10. The van der Waals surface area contributed by atoms with E-state index in [2.05, 4.69) is 34.0 Å². The average molecular weight is 326 g/mol. The Bertz CT molecular complexity index is 643. The summed E-state index contributed by atoms with van der Waals surface area (Å²) in [4.78, 5) is 22.5. The van der Waals surface area contributed by atoms with Crippen molar-refractivity contribution in [2.45, 2.75) is 26.7 Å². The lowest BCUT2D eigenvalue weighted by Gasteiger charge is -2.19. The zero-order chi connectivity index (χ0) is 17.4. The molecule has 0 unspecified atom stereocenters. The molecular weight excluding hydrogens is 300 g/mol. The number of anilines is 1. The van der Waals surface area contributed by atoms with Crippen LogP contribution >= 0.6 is 0 Å². The van der Waals surface area contributed by atoms with Crippen molar-refractivity contribution in [3.63, 3.8) is 0 Å². The second kappa shape index (κ2) is 9.01. The maximum atomic E-state index is 12.2. The van der Waals surface area contributed by atoms with E-state index in [0.717, 1.165) is 25.1 Å². The summed E-state index contributed by atoms with van der Waals surface area (Å²) in [6.45, 7) is 5.83. The molecule has 0 saturated carbocycles. The molecule has 0 bridgehead atoms. The molecule has 2 rings (SSSR count). The topological polar surface area (TPSA) is 58.1 Å². The molecular formula is C19H26N4O. The van der Waals surface area contributed by atoms with Crippen LogP contribution in [-0.2, 0) is 6.42 Å². The Morgan fingerprint density at radius 3 is 2.67 bits per heavy atom. The molecule has 5 nitrogen and oxygen atoms in total. The monoisotopic (exact) mass is 326 g/mol. The second-order valence-corrected chi connectivity index (χ2v) is 6.36. The molecule has 2 aromatic rings. The van der Waals surface area contributed by atoms with Crippen LogP contribution in [0.2, 0.25) is 0 Å². The van der Waals surface area contributed by atoms with E-state index in [4.69, 9.17) is 0 Å². The fraction of sp³-hybridized carbons (Fsp3) is 0.421. The maximum Gasteiger partial charge on any atom is 0.269 e. The molecule has 5 heteroatoms. The molecule has 1 N–H and O–H groups in total. The van der Waals surface area contributed by atoms with Crippen LogP contribution in [0.3, 0.4) is 0 Å². The number of likely N-dealkylation sites (N-methyl/N-ethyl adjacent to an activating group) is 1. The molecule has 0 fully saturated rings. The number of carbonyl (C=O) groups is 1. The summed E-state index contributed by atoms with van der Waals surface area (Å²) >= 11 is 0. The van der Waals surface area contributed by atoms with Gasteiger partial charge in [0.05, 0.1) is 0 Å². The van der Waals surface area contributed by atoms with Crippen LogP contribution in [-0.4, -0.2) is 36.0 Å². The van der Waals surface area contributed by atoms with Crippen LogP contribution in [0.1, 0.15) is 36.3 Å². The highest BCUT2D eigenvalue weighted by atomic mass is 16.1. The highest BCUT2D eigenvalue weighted by molar-refractivity contribution is 5.93. The van der Waals surface area contributed by atoms with Gasteiger partial charge in [0.25, 0.3) is 5.91 Å². The molecule has 0 aliphatic rings. The normalized spacial score (nSPS) is 10.7. The zero-order valence-corrected chi connectivity index (χ0v) is 14.7. The van der Waals surface area contributed by atoms with Crippen molar-refractivity contribution in [3.8, 4) is 0 Å². The van der Waals surface area contributed by atoms with E-state index < -0.39 is 0 Å². The number of hydrogen-bond donors (Lipinski definition) is 1. The minimum atomic E-state index is -0.111.